The van der Waals surface area contributed by atoms with Crippen molar-refractivity contribution >= 4 is 23.4 Å². The zero-order chi connectivity index (χ0) is 20.4. The number of pyridine rings is 1. The number of carbonyl (C=O) groups is 2. The molecule has 6 nitrogen and oxygen atoms in total. The van der Waals surface area contributed by atoms with Crippen molar-refractivity contribution in [3.8, 4) is 0 Å². The molecule has 4 rings (SSSR count). The summed E-state index contributed by atoms with van der Waals surface area (Å²) in [5, 5.41) is 5.74. The summed E-state index contributed by atoms with van der Waals surface area (Å²) in [6.45, 7) is 6.47. The average molecular weight is 406 g/mol. The molecule has 3 saturated carbocycles. The number of amides is 2. The summed E-state index contributed by atoms with van der Waals surface area (Å²) in [6.07, 6.45) is 5.41. The Morgan fingerprint density at radius 1 is 1.25 bits per heavy atom. The van der Waals surface area contributed by atoms with E-state index in [0.717, 1.165) is 18.9 Å². The van der Waals surface area contributed by atoms with Crippen molar-refractivity contribution in [2.75, 3.05) is 6.61 Å². The number of allylic oxidation sites excluding steroid dienone is 3. The van der Waals surface area contributed by atoms with Crippen molar-refractivity contribution in [3.63, 3.8) is 0 Å². The van der Waals surface area contributed by atoms with Crippen LogP contribution < -0.4 is 10.6 Å². The van der Waals surface area contributed by atoms with Crippen molar-refractivity contribution in [1.82, 2.24) is 15.6 Å². The van der Waals surface area contributed by atoms with Crippen LogP contribution in [0.4, 0.5) is 4.39 Å². The molecule has 2 bridgehead atoms. The van der Waals surface area contributed by atoms with Gasteiger partial charge in [0, 0.05) is 23.4 Å². The summed E-state index contributed by atoms with van der Waals surface area (Å²) in [6, 6.07) is 5.18. The van der Waals surface area contributed by atoms with Gasteiger partial charge in [-0.2, -0.15) is 0 Å². The predicted octanol–water partition coefficient (Wildman–Crippen LogP) is 3.13. The molecule has 3 aliphatic carbocycles. The highest BCUT2D eigenvalue weighted by Gasteiger charge is 2.62. The molecule has 2 N–H and O–H groups in total. The quantitative estimate of drug-likeness (QED) is 0.514. The third-order valence-corrected chi connectivity index (χ3v) is 5.23. The minimum absolute atomic E-state index is 0.0241. The zero-order valence-corrected chi connectivity index (χ0v) is 16.0. The molecule has 0 radical (unpaired) electrons. The molecule has 8 heteroatoms. The van der Waals surface area contributed by atoms with Gasteiger partial charge >= 0.3 is 0 Å². The molecular formula is C20H21ClFN3O3. The molecule has 0 atom stereocenters. The van der Waals surface area contributed by atoms with Gasteiger partial charge in [-0.3, -0.25) is 14.6 Å². The molecular weight excluding hydrogens is 385 g/mol. The Morgan fingerprint density at radius 2 is 1.93 bits per heavy atom. The van der Waals surface area contributed by atoms with Gasteiger partial charge in [0.15, 0.2) is 6.61 Å². The van der Waals surface area contributed by atoms with Crippen molar-refractivity contribution in [2.45, 2.75) is 36.8 Å². The van der Waals surface area contributed by atoms with Gasteiger partial charge in [-0.15, -0.1) is 0 Å². The number of ether oxygens (including phenoxy) is 1. The summed E-state index contributed by atoms with van der Waals surface area (Å²) in [5.74, 6) is -1.33. The van der Waals surface area contributed by atoms with E-state index in [4.69, 9.17) is 16.3 Å². The van der Waals surface area contributed by atoms with Crippen LogP contribution in [-0.2, 0) is 9.53 Å². The number of halogens is 2. The highest BCUT2D eigenvalue weighted by molar-refractivity contribution is 6.31. The molecule has 1 aromatic heterocycles. The largest absolute Gasteiger partial charge is 0.484 e. The molecule has 3 aliphatic rings. The maximum absolute atomic E-state index is 13.3. The van der Waals surface area contributed by atoms with Crippen molar-refractivity contribution in [3.05, 3.63) is 65.9 Å². The van der Waals surface area contributed by atoms with Crippen LogP contribution in [-0.4, -0.2) is 34.5 Å². The first-order valence-corrected chi connectivity index (χ1v) is 9.19. The lowest BCUT2D eigenvalue weighted by molar-refractivity contribution is -0.127. The maximum atomic E-state index is 13.3. The van der Waals surface area contributed by atoms with Crippen LogP contribution in [0.5, 0.6) is 0 Å². The van der Waals surface area contributed by atoms with Gasteiger partial charge in [-0.25, -0.2) is 4.39 Å². The maximum Gasteiger partial charge on any atom is 0.270 e. The first-order chi connectivity index (χ1) is 13.2. The van der Waals surface area contributed by atoms with Gasteiger partial charge in [-0.05, 0) is 37.8 Å². The van der Waals surface area contributed by atoms with E-state index in [2.05, 4.69) is 28.8 Å². The summed E-state index contributed by atoms with van der Waals surface area (Å²) < 4.78 is 18.5. The molecule has 1 aromatic rings. The minimum Gasteiger partial charge on any atom is -0.484 e. The normalized spacial score (nSPS) is 25.4. The molecule has 0 unspecified atom stereocenters. The van der Waals surface area contributed by atoms with E-state index in [1.807, 2.05) is 0 Å². The van der Waals surface area contributed by atoms with E-state index in [9.17, 15) is 14.0 Å². The van der Waals surface area contributed by atoms with Crippen LogP contribution in [0.15, 0.2) is 60.2 Å². The monoisotopic (exact) mass is 405 g/mol. The van der Waals surface area contributed by atoms with Gasteiger partial charge in [-0.1, -0.05) is 30.8 Å². The van der Waals surface area contributed by atoms with Gasteiger partial charge in [0.05, 0.1) is 5.03 Å². The summed E-state index contributed by atoms with van der Waals surface area (Å²) in [7, 11) is 0. The van der Waals surface area contributed by atoms with Crippen molar-refractivity contribution < 1.29 is 18.7 Å². The zero-order valence-electron chi connectivity index (χ0n) is 15.3. The third kappa shape index (κ3) is 4.42. The number of fused-ring (bicyclic) bond motifs is 1. The first kappa shape index (κ1) is 20.1. The number of nitrogens with one attached hydrogen (secondary N) is 2. The van der Waals surface area contributed by atoms with Crippen LogP contribution in [0.1, 0.15) is 36.2 Å². The fraction of sp³-hybridized carbons (Fsp3) is 0.350. The van der Waals surface area contributed by atoms with E-state index < -0.39 is 5.83 Å². The fourth-order valence-electron chi connectivity index (χ4n) is 3.93. The van der Waals surface area contributed by atoms with Gasteiger partial charge in [0.1, 0.15) is 17.3 Å². The Morgan fingerprint density at radius 3 is 2.54 bits per heavy atom. The highest BCUT2D eigenvalue weighted by atomic mass is 35.5. The number of carbonyl (C=O) groups excluding carboxylic acids is 2. The smallest absolute Gasteiger partial charge is 0.270 e. The minimum atomic E-state index is -0.770. The lowest BCUT2D eigenvalue weighted by atomic mass is 9.71. The number of hydrogen-bond donors (Lipinski definition) is 2. The second-order valence-corrected chi connectivity index (χ2v) is 7.74. The predicted molar refractivity (Wildman–Crippen MR) is 103 cm³/mol. The Balaban J connectivity index is 1.47. The van der Waals surface area contributed by atoms with E-state index in [0.29, 0.717) is 18.5 Å². The Hall–Kier alpha value is -2.67. The van der Waals surface area contributed by atoms with Crippen LogP contribution in [0, 0.1) is 0 Å². The van der Waals surface area contributed by atoms with Crippen LogP contribution >= 0.6 is 11.6 Å². The Kier molecular flexibility index (Phi) is 5.56. The molecule has 28 heavy (non-hydrogen) atoms. The summed E-state index contributed by atoms with van der Waals surface area (Å²) in [5.41, 5.74) is -0.277. The van der Waals surface area contributed by atoms with Crippen molar-refractivity contribution in [1.29, 1.82) is 0 Å². The second-order valence-electron chi connectivity index (χ2n) is 7.28. The molecule has 148 valence electrons. The van der Waals surface area contributed by atoms with Gasteiger partial charge in [0.25, 0.3) is 11.8 Å². The first-order valence-electron chi connectivity index (χ1n) is 8.81. The van der Waals surface area contributed by atoms with Crippen LogP contribution in [0.2, 0.25) is 0 Å². The van der Waals surface area contributed by atoms with E-state index in [1.165, 1.54) is 0 Å². The molecule has 0 spiro atoms. The average Bonchev–Trinajstić information content (AvgIpc) is 3.15. The van der Waals surface area contributed by atoms with E-state index in [-0.39, 0.29) is 40.3 Å². The Labute approximate surface area is 167 Å². The molecule has 0 aromatic carbocycles. The number of nitrogens with zero attached hydrogens (tertiary/aromatic N) is 1. The molecule has 3 fully saturated rings. The fourth-order valence-corrected chi connectivity index (χ4v) is 3.99. The van der Waals surface area contributed by atoms with Gasteiger partial charge < -0.3 is 15.4 Å². The SMILES string of the molecule is C=C(/C=C(/F)C(=C)Cl)OCC(=O)NC12CCC(NC(=O)c3ccccn3)(C1)C2. The van der Waals surface area contributed by atoms with E-state index >= 15 is 0 Å². The highest BCUT2D eigenvalue weighted by Crippen LogP contribution is 2.55. The summed E-state index contributed by atoms with van der Waals surface area (Å²) >= 11 is 5.41. The molecule has 0 aliphatic heterocycles. The van der Waals surface area contributed by atoms with Crippen LogP contribution in [0.3, 0.4) is 0 Å². The van der Waals surface area contributed by atoms with E-state index in [1.54, 1.807) is 24.4 Å². The number of rotatable bonds is 8. The van der Waals surface area contributed by atoms with Crippen LogP contribution in [0.25, 0.3) is 0 Å². The Bertz CT molecular complexity index is 848. The molecule has 0 saturated heterocycles. The number of aromatic nitrogens is 1. The molecule has 1 heterocycles. The lowest BCUT2D eigenvalue weighted by Crippen LogP contribution is -2.64. The summed E-state index contributed by atoms with van der Waals surface area (Å²) in [4.78, 5) is 28.6. The standard InChI is InChI=1S/C20H21ClFN3O3/c1-13(9-15(22)14(2)21)28-10-17(26)24-19-6-7-20(11-19,12-19)25-18(27)16-5-3-4-8-23-16/h3-5,8-9H,1-2,6-7,10-12H2,(H,24,26)(H,25,27)/b15-9+. The molecule has 2 amide bonds. The number of hydrogen-bond acceptors (Lipinski definition) is 4. The second kappa shape index (κ2) is 7.75. The third-order valence-electron chi connectivity index (χ3n) is 5.05. The van der Waals surface area contributed by atoms with Gasteiger partial charge in [0.2, 0.25) is 0 Å². The van der Waals surface area contributed by atoms with Crippen molar-refractivity contribution in [2.24, 2.45) is 0 Å². The lowest BCUT2D eigenvalue weighted by Gasteiger charge is -2.48. The topological polar surface area (TPSA) is 80.3 Å².